The average Bonchev–Trinajstić information content (AvgIpc) is 3.20. The molecule has 1 aliphatic rings. The van der Waals surface area contributed by atoms with Gasteiger partial charge in [-0.15, -0.1) is 0 Å². The zero-order valence-electron chi connectivity index (χ0n) is 16.4. The van der Waals surface area contributed by atoms with Crippen LogP contribution in [0.2, 0.25) is 5.02 Å². The van der Waals surface area contributed by atoms with E-state index >= 15 is 0 Å². The average molecular weight is 440 g/mol. The van der Waals surface area contributed by atoms with Crippen LogP contribution in [0.25, 0.3) is 22.3 Å². The zero-order valence-corrected chi connectivity index (χ0v) is 17.2. The second kappa shape index (κ2) is 8.49. The molecule has 0 bridgehead atoms. The number of aromatic amines is 1. The normalized spacial score (nSPS) is 14.6. The van der Waals surface area contributed by atoms with Crippen LogP contribution in [0.4, 0.5) is 10.2 Å². The maximum atomic E-state index is 14.1. The lowest BCUT2D eigenvalue weighted by Gasteiger charge is -2.24. The Morgan fingerprint density at radius 1 is 1.06 bits per heavy atom. The predicted molar refractivity (Wildman–Crippen MR) is 116 cm³/mol. The van der Waals surface area contributed by atoms with Crippen LogP contribution in [0.3, 0.4) is 0 Å². The number of hydrogen-bond acceptors (Lipinski definition) is 6. The number of hydrogen-bond donors (Lipinski definition) is 2. The highest BCUT2D eigenvalue weighted by atomic mass is 35.5. The van der Waals surface area contributed by atoms with Crippen LogP contribution in [0.1, 0.15) is 12.8 Å². The van der Waals surface area contributed by atoms with Gasteiger partial charge in [-0.25, -0.2) is 4.39 Å². The topological polar surface area (TPSA) is 85.0 Å². The SMILES string of the molecule is Fc1ccccc1Oc1nc(NC2CCOCC2)c2c(-c3ccccc3Cl)[nH]nc2n1. The summed E-state index contributed by atoms with van der Waals surface area (Å²) in [4.78, 5) is 8.96. The van der Waals surface area contributed by atoms with Gasteiger partial charge in [0.2, 0.25) is 0 Å². The summed E-state index contributed by atoms with van der Waals surface area (Å²) in [5.74, 6) is 0.0940. The molecule has 3 heterocycles. The second-order valence-electron chi connectivity index (χ2n) is 7.20. The number of anilines is 1. The molecule has 1 fully saturated rings. The molecule has 0 aliphatic carbocycles. The van der Waals surface area contributed by atoms with Crippen molar-refractivity contribution < 1.29 is 13.9 Å². The first-order valence-electron chi connectivity index (χ1n) is 9.97. The van der Waals surface area contributed by atoms with Crippen molar-refractivity contribution in [1.29, 1.82) is 0 Å². The molecule has 0 saturated carbocycles. The van der Waals surface area contributed by atoms with E-state index < -0.39 is 5.82 Å². The predicted octanol–water partition coefficient (Wildman–Crippen LogP) is 5.20. The molecule has 0 spiro atoms. The fourth-order valence-electron chi connectivity index (χ4n) is 3.57. The second-order valence-corrected chi connectivity index (χ2v) is 7.60. The number of rotatable bonds is 5. The van der Waals surface area contributed by atoms with Gasteiger partial charge in [0.15, 0.2) is 17.2 Å². The lowest BCUT2D eigenvalue weighted by Crippen LogP contribution is -2.28. The van der Waals surface area contributed by atoms with Crippen LogP contribution >= 0.6 is 11.6 Å². The fraction of sp³-hybridized carbons (Fsp3) is 0.227. The summed E-state index contributed by atoms with van der Waals surface area (Å²) < 4.78 is 25.2. The lowest BCUT2D eigenvalue weighted by molar-refractivity contribution is 0.0904. The Bertz CT molecular complexity index is 1230. The minimum atomic E-state index is -0.496. The number of aromatic nitrogens is 4. The Labute approximate surface area is 182 Å². The summed E-state index contributed by atoms with van der Waals surface area (Å²) in [5, 5.41) is 12.1. The summed E-state index contributed by atoms with van der Waals surface area (Å²) in [6.45, 7) is 1.35. The van der Waals surface area contributed by atoms with Crippen LogP contribution in [-0.2, 0) is 4.74 Å². The molecular formula is C22H19ClFN5O2. The van der Waals surface area contributed by atoms with Gasteiger partial charge in [-0.1, -0.05) is 41.9 Å². The van der Waals surface area contributed by atoms with E-state index in [1.54, 1.807) is 12.1 Å². The molecule has 5 rings (SSSR count). The summed E-state index contributed by atoms with van der Waals surface area (Å²) >= 11 is 6.42. The van der Waals surface area contributed by atoms with Gasteiger partial charge in [-0.3, -0.25) is 5.10 Å². The molecule has 2 aromatic heterocycles. The van der Waals surface area contributed by atoms with Crippen LogP contribution in [0.5, 0.6) is 11.8 Å². The van der Waals surface area contributed by atoms with E-state index in [4.69, 9.17) is 21.1 Å². The minimum absolute atomic E-state index is 0.00404. The van der Waals surface area contributed by atoms with E-state index in [0.717, 1.165) is 18.4 Å². The summed E-state index contributed by atoms with van der Waals surface area (Å²) in [6, 6.07) is 13.8. The van der Waals surface area contributed by atoms with Crippen molar-refractivity contribution in [3.63, 3.8) is 0 Å². The van der Waals surface area contributed by atoms with Gasteiger partial charge in [0.05, 0.1) is 11.1 Å². The van der Waals surface area contributed by atoms with Crippen molar-refractivity contribution in [2.24, 2.45) is 0 Å². The molecule has 31 heavy (non-hydrogen) atoms. The van der Waals surface area contributed by atoms with E-state index in [2.05, 4.69) is 25.5 Å². The summed E-state index contributed by atoms with van der Waals surface area (Å²) in [7, 11) is 0. The number of ether oxygens (including phenoxy) is 2. The number of para-hydroxylation sites is 1. The summed E-state index contributed by atoms with van der Waals surface area (Å²) in [6.07, 6.45) is 1.68. The lowest BCUT2D eigenvalue weighted by atomic mass is 10.1. The molecule has 1 saturated heterocycles. The smallest absolute Gasteiger partial charge is 0.326 e. The first-order chi connectivity index (χ1) is 15.2. The van der Waals surface area contributed by atoms with E-state index in [0.29, 0.717) is 40.8 Å². The van der Waals surface area contributed by atoms with Crippen LogP contribution in [0.15, 0.2) is 48.5 Å². The van der Waals surface area contributed by atoms with Crippen molar-refractivity contribution in [2.75, 3.05) is 18.5 Å². The first kappa shape index (κ1) is 19.7. The Morgan fingerprint density at radius 3 is 2.65 bits per heavy atom. The molecule has 2 N–H and O–H groups in total. The number of nitrogens with zero attached hydrogens (tertiary/aromatic N) is 3. The van der Waals surface area contributed by atoms with Crippen LogP contribution < -0.4 is 10.1 Å². The van der Waals surface area contributed by atoms with Crippen LogP contribution in [0, 0.1) is 5.82 Å². The van der Waals surface area contributed by atoms with E-state index in [-0.39, 0.29) is 17.8 Å². The van der Waals surface area contributed by atoms with Crippen molar-refractivity contribution in [1.82, 2.24) is 20.2 Å². The van der Waals surface area contributed by atoms with Crippen molar-refractivity contribution in [3.8, 4) is 23.0 Å². The highest BCUT2D eigenvalue weighted by Gasteiger charge is 2.22. The molecule has 7 nitrogen and oxygen atoms in total. The number of H-pyrrole nitrogens is 1. The third-order valence-electron chi connectivity index (χ3n) is 5.14. The highest BCUT2D eigenvalue weighted by molar-refractivity contribution is 6.33. The van der Waals surface area contributed by atoms with E-state index in [1.165, 1.54) is 12.1 Å². The Morgan fingerprint density at radius 2 is 1.84 bits per heavy atom. The molecule has 0 radical (unpaired) electrons. The van der Waals surface area contributed by atoms with Gasteiger partial charge in [-0.05, 0) is 31.0 Å². The van der Waals surface area contributed by atoms with Gasteiger partial charge in [0.1, 0.15) is 5.82 Å². The van der Waals surface area contributed by atoms with Gasteiger partial charge < -0.3 is 14.8 Å². The van der Waals surface area contributed by atoms with Gasteiger partial charge in [0.25, 0.3) is 0 Å². The van der Waals surface area contributed by atoms with E-state index in [9.17, 15) is 4.39 Å². The monoisotopic (exact) mass is 439 g/mol. The Kier molecular flexibility index (Phi) is 5.40. The Balaban J connectivity index is 1.61. The standard InChI is InChI=1S/C22H19ClFN5O2/c23-15-6-2-1-5-14(15)19-18-20(25-13-9-11-30-12-10-13)26-22(27-21(18)29-28-19)31-17-8-4-3-7-16(17)24/h1-8,13H,9-12H2,(H2,25,26,27,28,29). The maximum absolute atomic E-state index is 14.1. The molecule has 1 aliphatic heterocycles. The number of nitrogens with one attached hydrogen (secondary N) is 2. The molecule has 2 aromatic carbocycles. The van der Waals surface area contributed by atoms with Crippen molar-refractivity contribution in [3.05, 3.63) is 59.4 Å². The first-order valence-corrected chi connectivity index (χ1v) is 10.3. The number of fused-ring (bicyclic) bond motifs is 1. The van der Waals surface area contributed by atoms with Gasteiger partial charge >= 0.3 is 6.01 Å². The highest BCUT2D eigenvalue weighted by Crippen LogP contribution is 2.36. The van der Waals surface area contributed by atoms with Crippen LogP contribution in [-0.4, -0.2) is 39.4 Å². The number of benzene rings is 2. The quantitative estimate of drug-likeness (QED) is 0.445. The van der Waals surface area contributed by atoms with E-state index in [1.807, 2.05) is 24.3 Å². The number of halogens is 2. The third kappa shape index (κ3) is 4.04. The van der Waals surface area contributed by atoms with Gasteiger partial charge in [0, 0.05) is 29.8 Å². The molecule has 0 atom stereocenters. The van der Waals surface area contributed by atoms with Crippen molar-refractivity contribution >= 4 is 28.5 Å². The zero-order chi connectivity index (χ0) is 21.2. The fourth-order valence-corrected chi connectivity index (χ4v) is 3.81. The third-order valence-corrected chi connectivity index (χ3v) is 5.47. The molecule has 0 unspecified atom stereocenters. The minimum Gasteiger partial charge on any atom is -0.421 e. The molecule has 0 amide bonds. The molecule has 4 aromatic rings. The molecule has 9 heteroatoms. The maximum Gasteiger partial charge on any atom is 0.326 e. The Hall–Kier alpha value is -3.23. The van der Waals surface area contributed by atoms with Crippen molar-refractivity contribution in [2.45, 2.75) is 18.9 Å². The van der Waals surface area contributed by atoms with Gasteiger partial charge in [-0.2, -0.15) is 15.1 Å². The summed E-state index contributed by atoms with van der Waals surface area (Å²) in [5.41, 5.74) is 1.88. The largest absolute Gasteiger partial charge is 0.421 e. The molecular weight excluding hydrogens is 421 g/mol. The molecule has 158 valence electrons.